The third kappa shape index (κ3) is 3.66. The molecular weight excluding hydrogens is 319 g/mol. The van der Waals surface area contributed by atoms with Crippen LogP contribution in [-0.2, 0) is 4.79 Å². The zero-order valence-corrected chi connectivity index (χ0v) is 11.7. The minimum atomic E-state index is -0.939. The summed E-state index contributed by atoms with van der Waals surface area (Å²) in [6, 6.07) is 7.34. The molecule has 1 N–H and O–H groups in total. The normalized spacial score (nSPS) is 13.2. The summed E-state index contributed by atoms with van der Waals surface area (Å²) in [5.41, 5.74) is -0.436. The molecule has 0 aromatic heterocycles. The third-order valence-corrected chi connectivity index (χ3v) is 2.80. The fraction of sp³-hybridized carbons (Fsp3) is 0.417. The molecule has 4 heteroatoms. The first-order valence-corrected chi connectivity index (χ1v) is 6.03. The van der Waals surface area contributed by atoms with Crippen LogP contribution < -0.4 is 4.74 Å². The van der Waals surface area contributed by atoms with E-state index in [1.54, 1.807) is 12.1 Å². The molecule has 1 rings (SSSR count). The highest BCUT2D eigenvalue weighted by Gasteiger charge is 2.33. The number of aliphatic carboxylic acids is 1. The fourth-order valence-electron chi connectivity index (χ4n) is 1.25. The predicted molar refractivity (Wildman–Crippen MR) is 70.7 cm³/mol. The largest absolute Gasteiger partial charge is 0.478 e. The smallest absolute Gasteiger partial charge is 0.345 e. The molecule has 16 heavy (non-hydrogen) atoms. The van der Waals surface area contributed by atoms with E-state index in [4.69, 9.17) is 9.84 Å². The van der Waals surface area contributed by atoms with Crippen molar-refractivity contribution in [3.63, 3.8) is 0 Å². The Bertz CT molecular complexity index is 365. The lowest BCUT2D eigenvalue weighted by molar-refractivity contribution is -0.150. The topological polar surface area (TPSA) is 46.5 Å². The van der Waals surface area contributed by atoms with Gasteiger partial charge in [0.05, 0.1) is 0 Å². The van der Waals surface area contributed by atoms with Gasteiger partial charge in [-0.2, -0.15) is 0 Å². The highest BCUT2D eigenvalue weighted by atomic mass is 127. The summed E-state index contributed by atoms with van der Waals surface area (Å²) in [6.07, 6.45) is -0.840. The van der Waals surface area contributed by atoms with Gasteiger partial charge >= 0.3 is 5.97 Å². The Kier molecular flexibility index (Phi) is 4.18. The van der Waals surface area contributed by atoms with Crippen LogP contribution in [0.1, 0.15) is 20.8 Å². The molecule has 0 aliphatic heterocycles. The van der Waals surface area contributed by atoms with Crippen molar-refractivity contribution >= 4 is 28.6 Å². The Morgan fingerprint density at radius 3 is 2.19 bits per heavy atom. The lowest BCUT2D eigenvalue weighted by Crippen LogP contribution is -2.39. The van der Waals surface area contributed by atoms with E-state index in [2.05, 4.69) is 22.6 Å². The molecule has 1 aromatic rings. The Balaban J connectivity index is 2.84. The van der Waals surface area contributed by atoms with Gasteiger partial charge in [-0.15, -0.1) is 0 Å². The average molecular weight is 334 g/mol. The molecule has 88 valence electrons. The van der Waals surface area contributed by atoms with Crippen molar-refractivity contribution in [1.82, 2.24) is 0 Å². The Morgan fingerprint density at radius 1 is 1.31 bits per heavy atom. The van der Waals surface area contributed by atoms with Crippen molar-refractivity contribution in [3.05, 3.63) is 27.8 Å². The zero-order valence-electron chi connectivity index (χ0n) is 9.53. The van der Waals surface area contributed by atoms with Crippen LogP contribution in [-0.4, -0.2) is 17.2 Å². The molecule has 1 atom stereocenters. The maximum atomic E-state index is 11.1. The molecule has 0 fully saturated rings. The van der Waals surface area contributed by atoms with Crippen molar-refractivity contribution in [2.75, 3.05) is 0 Å². The molecule has 1 unspecified atom stereocenters. The zero-order chi connectivity index (χ0) is 12.3. The van der Waals surface area contributed by atoms with Crippen molar-refractivity contribution in [1.29, 1.82) is 0 Å². The summed E-state index contributed by atoms with van der Waals surface area (Å²) >= 11 is 2.19. The monoisotopic (exact) mass is 334 g/mol. The second-order valence-electron chi connectivity index (χ2n) is 4.66. The van der Waals surface area contributed by atoms with Gasteiger partial charge in [-0.05, 0) is 46.9 Å². The fourth-order valence-corrected chi connectivity index (χ4v) is 1.61. The second kappa shape index (κ2) is 5.03. The molecule has 0 heterocycles. The van der Waals surface area contributed by atoms with Gasteiger partial charge in [0.2, 0.25) is 0 Å². The molecular formula is C12H15IO3. The van der Waals surface area contributed by atoms with Gasteiger partial charge < -0.3 is 9.84 Å². The maximum Gasteiger partial charge on any atom is 0.345 e. The lowest BCUT2D eigenvalue weighted by Gasteiger charge is -2.27. The summed E-state index contributed by atoms with van der Waals surface area (Å²) in [6.45, 7) is 5.54. The Labute approximate surface area is 109 Å². The first-order chi connectivity index (χ1) is 7.30. The second-order valence-corrected chi connectivity index (χ2v) is 5.90. The van der Waals surface area contributed by atoms with E-state index < -0.39 is 17.5 Å². The summed E-state index contributed by atoms with van der Waals surface area (Å²) in [5.74, 6) is -0.353. The quantitative estimate of drug-likeness (QED) is 0.864. The number of carboxylic acids is 1. The van der Waals surface area contributed by atoms with Gasteiger partial charge in [-0.3, -0.25) is 0 Å². The summed E-state index contributed by atoms with van der Waals surface area (Å²) < 4.78 is 6.58. The summed E-state index contributed by atoms with van der Waals surface area (Å²) in [7, 11) is 0. The lowest BCUT2D eigenvalue weighted by atomic mass is 9.89. The maximum absolute atomic E-state index is 11.1. The minimum absolute atomic E-state index is 0.436. The third-order valence-electron chi connectivity index (χ3n) is 2.08. The first kappa shape index (κ1) is 13.3. The van der Waals surface area contributed by atoms with Gasteiger partial charge in [0.25, 0.3) is 0 Å². The van der Waals surface area contributed by atoms with Crippen LogP contribution in [0.4, 0.5) is 0 Å². The van der Waals surface area contributed by atoms with Crippen molar-refractivity contribution in [3.8, 4) is 5.75 Å². The van der Waals surface area contributed by atoms with Crippen molar-refractivity contribution in [2.45, 2.75) is 26.9 Å². The van der Waals surface area contributed by atoms with Crippen LogP contribution >= 0.6 is 22.6 Å². The number of carbonyl (C=O) groups is 1. The van der Waals surface area contributed by atoms with Crippen LogP contribution in [0.5, 0.6) is 5.75 Å². The van der Waals surface area contributed by atoms with Gasteiger partial charge in [-0.1, -0.05) is 20.8 Å². The van der Waals surface area contributed by atoms with E-state index in [9.17, 15) is 4.79 Å². The number of halogens is 1. The van der Waals surface area contributed by atoms with Crippen molar-refractivity contribution in [2.24, 2.45) is 5.41 Å². The Morgan fingerprint density at radius 2 is 1.81 bits per heavy atom. The number of benzene rings is 1. The number of hydrogen-bond donors (Lipinski definition) is 1. The highest BCUT2D eigenvalue weighted by molar-refractivity contribution is 14.1. The van der Waals surface area contributed by atoms with Gasteiger partial charge in [0, 0.05) is 8.99 Å². The molecule has 0 radical (unpaired) electrons. The molecule has 0 amide bonds. The minimum Gasteiger partial charge on any atom is -0.478 e. The van der Waals surface area contributed by atoms with E-state index in [0.29, 0.717) is 5.75 Å². The molecule has 0 saturated carbocycles. The van der Waals surface area contributed by atoms with Crippen LogP contribution in [0.2, 0.25) is 0 Å². The number of carboxylic acid groups (broad SMARTS) is 1. The highest BCUT2D eigenvalue weighted by Crippen LogP contribution is 2.25. The number of ether oxygens (including phenoxy) is 1. The average Bonchev–Trinajstić information content (AvgIpc) is 2.14. The van der Waals surface area contributed by atoms with Crippen LogP contribution in [0.25, 0.3) is 0 Å². The summed E-state index contributed by atoms with van der Waals surface area (Å²) in [5, 5.41) is 9.10. The van der Waals surface area contributed by atoms with Crippen LogP contribution in [0.15, 0.2) is 24.3 Å². The SMILES string of the molecule is CC(C)(C)C(Oc1ccc(I)cc1)C(=O)O. The van der Waals surface area contributed by atoms with E-state index in [1.807, 2.05) is 32.9 Å². The van der Waals surface area contributed by atoms with E-state index in [0.717, 1.165) is 3.57 Å². The van der Waals surface area contributed by atoms with Crippen LogP contribution in [0, 0.1) is 8.99 Å². The van der Waals surface area contributed by atoms with Gasteiger partial charge in [-0.25, -0.2) is 4.79 Å². The summed E-state index contributed by atoms with van der Waals surface area (Å²) in [4.78, 5) is 11.1. The first-order valence-electron chi connectivity index (χ1n) is 4.96. The van der Waals surface area contributed by atoms with Gasteiger partial charge in [0.1, 0.15) is 5.75 Å². The van der Waals surface area contributed by atoms with Crippen LogP contribution in [0.3, 0.4) is 0 Å². The van der Waals surface area contributed by atoms with Crippen molar-refractivity contribution < 1.29 is 14.6 Å². The molecule has 0 saturated heterocycles. The molecule has 0 bridgehead atoms. The Hall–Kier alpha value is -0.780. The number of hydrogen-bond acceptors (Lipinski definition) is 2. The molecule has 3 nitrogen and oxygen atoms in total. The van der Waals surface area contributed by atoms with E-state index in [-0.39, 0.29) is 0 Å². The standard InChI is InChI=1S/C12H15IO3/c1-12(2,3)10(11(14)15)16-9-6-4-8(13)5-7-9/h4-7,10H,1-3H3,(H,14,15). The van der Waals surface area contributed by atoms with Gasteiger partial charge in [0.15, 0.2) is 6.10 Å². The predicted octanol–water partition coefficient (Wildman–Crippen LogP) is 3.17. The molecule has 0 aliphatic carbocycles. The molecule has 0 aliphatic rings. The molecule has 0 spiro atoms. The van der Waals surface area contributed by atoms with E-state index >= 15 is 0 Å². The number of rotatable bonds is 3. The van der Waals surface area contributed by atoms with E-state index in [1.165, 1.54) is 0 Å². The molecule has 1 aromatic carbocycles.